The number of rotatable bonds is 6. The van der Waals surface area contributed by atoms with Crippen molar-refractivity contribution in [3.63, 3.8) is 0 Å². The normalized spacial score (nSPS) is 11.1. The molecule has 2 aromatic rings. The average molecular weight is 358 g/mol. The van der Waals surface area contributed by atoms with Crippen molar-refractivity contribution in [2.45, 2.75) is 37.8 Å². The van der Waals surface area contributed by atoms with Gasteiger partial charge in [-0.25, -0.2) is 4.68 Å². The van der Waals surface area contributed by atoms with Gasteiger partial charge in [-0.15, -0.1) is 10.2 Å². The van der Waals surface area contributed by atoms with Gasteiger partial charge in [0.25, 0.3) is 0 Å². The summed E-state index contributed by atoms with van der Waals surface area (Å²) in [6.07, 6.45) is 0.270. The van der Waals surface area contributed by atoms with E-state index in [1.165, 1.54) is 16.4 Å². The molecular weight excluding hydrogens is 336 g/mol. The Hall–Kier alpha value is -2.53. The summed E-state index contributed by atoms with van der Waals surface area (Å²) in [5.74, 6) is 6.77. The van der Waals surface area contributed by atoms with Crippen LogP contribution in [0.4, 0.5) is 5.69 Å². The fraction of sp³-hybridized carbons (Fsp3) is 0.412. The second kappa shape index (κ2) is 8.03. The number of nitrogen functional groups attached to an aromatic ring is 1. The van der Waals surface area contributed by atoms with Crippen LogP contribution in [0, 0.1) is 11.3 Å². The number of amides is 1. The maximum absolute atomic E-state index is 12.6. The zero-order chi connectivity index (χ0) is 18.4. The average Bonchev–Trinajstić information content (AvgIpc) is 2.95. The fourth-order valence-electron chi connectivity index (χ4n) is 2.26. The lowest BCUT2D eigenvalue weighted by Gasteiger charge is -2.21. The summed E-state index contributed by atoms with van der Waals surface area (Å²) in [6, 6.07) is 11.4. The van der Waals surface area contributed by atoms with Crippen molar-refractivity contribution in [2.24, 2.45) is 0 Å². The van der Waals surface area contributed by atoms with Crippen molar-refractivity contribution in [2.75, 3.05) is 23.0 Å². The minimum absolute atomic E-state index is 0.105. The van der Waals surface area contributed by atoms with Crippen molar-refractivity contribution < 1.29 is 4.79 Å². The predicted molar refractivity (Wildman–Crippen MR) is 98.6 cm³/mol. The SMILES string of the molecule is CC(C)(C)c1nnc(SCC(=O)N(CCC#N)c2ccccc2)n1N. The van der Waals surface area contributed by atoms with Crippen LogP contribution >= 0.6 is 11.8 Å². The first-order valence-electron chi connectivity index (χ1n) is 7.90. The lowest BCUT2D eigenvalue weighted by Crippen LogP contribution is -2.33. The van der Waals surface area contributed by atoms with Crippen LogP contribution in [0.5, 0.6) is 0 Å². The number of carbonyl (C=O) groups is 1. The second-order valence-corrected chi connectivity index (χ2v) is 7.45. The largest absolute Gasteiger partial charge is 0.336 e. The molecule has 25 heavy (non-hydrogen) atoms. The van der Waals surface area contributed by atoms with Crippen LogP contribution in [0.1, 0.15) is 33.0 Å². The summed E-state index contributed by atoms with van der Waals surface area (Å²) in [4.78, 5) is 14.2. The van der Waals surface area contributed by atoms with Gasteiger partial charge >= 0.3 is 0 Å². The summed E-state index contributed by atoms with van der Waals surface area (Å²) >= 11 is 1.24. The van der Waals surface area contributed by atoms with E-state index in [1.54, 1.807) is 4.90 Å². The molecule has 132 valence electrons. The highest BCUT2D eigenvalue weighted by Crippen LogP contribution is 2.24. The second-order valence-electron chi connectivity index (χ2n) is 6.50. The first-order valence-corrected chi connectivity index (χ1v) is 8.89. The molecule has 0 aliphatic rings. The molecule has 0 aliphatic carbocycles. The summed E-state index contributed by atoms with van der Waals surface area (Å²) in [5, 5.41) is 17.5. The number of anilines is 1. The molecular formula is C17H22N6OS. The highest BCUT2D eigenvalue weighted by atomic mass is 32.2. The van der Waals surface area contributed by atoms with E-state index in [1.807, 2.05) is 51.1 Å². The van der Waals surface area contributed by atoms with E-state index in [4.69, 9.17) is 11.1 Å². The summed E-state index contributed by atoms with van der Waals surface area (Å²) in [6.45, 7) is 6.35. The Labute approximate surface area is 151 Å². The van der Waals surface area contributed by atoms with Gasteiger partial charge in [0, 0.05) is 17.6 Å². The quantitative estimate of drug-likeness (QED) is 0.628. The Balaban J connectivity index is 2.09. The third kappa shape index (κ3) is 4.73. The van der Waals surface area contributed by atoms with Crippen molar-refractivity contribution in [3.8, 4) is 6.07 Å². The van der Waals surface area contributed by atoms with E-state index < -0.39 is 0 Å². The zero-order valence-corrected chi connectivity index (χ0v) is 15.5. The van der Waals surface area contributed by atoms with Crippen molar-refractivity contribution in [1.29, 1.82) is 5.26 Å². The first-order chi connectivity index (χ1) is 11.8. The monoisotopic (exact) mass is 358 g/mol. The van der Waals surface area contributed by atoms with E-state index in [2.05, 4.69) is 16.3 Å². The zero-order valence-electron chi connectivity index (χ0n) is 14.6. The van der Waals surface area contributed by atoms with Gasteiger partial charge in [-0.05, 0) is 12.1 Å². The Morgan fingerprint density at radius 1 is 1.32 bits per heavy atom. The van der Waals surface area contributed by atoms with Crippen LogP contribution in [-0.4, -0.2) is 33.1 Å². The van der Waals surface area contributed by atoms with Gasteiger partial charge in [0.2, 0.25) is 11.1 Å². The van der Waals surface area contributed by atoms with Gasteiger partial charge in [-0.2, -0.15) is 5.26 Å². The van der Waals surface area contributed by atoms with Crippen LogP contribution in [0.2, 0.25) is 0 Å². The van der Waals surface area contributed by atoms with Gasteiger partial charge in [0.1, 0.15) is 0 Å². The Morgan fingerprint density at radius 3 is 2.56 bits per heavy atom. The van der Waals surface area contributed by atoms with Gasteiger partial charge in [-0.1, -0.05) is 50.7 Å². The molecule has 0 radical (unpaired) electrons. The van der Waals surface area contributed by atoms with Gasteiger partial charge in [-0.3, -0.25) is 4.79 Å². The van der Waals surface area contributed by atoms with Gasteiger partial charge in [0.05, 0.1) is 18.2 Å². The molecule has 2 N–H and O–H groups in total. The van der Waals surface area contributed by atoms with Crippen molar-refractivity contribution >= 4 is 23.4 Å². The molecule has 0 saturated carbocycles. The van der Waals surface area contributed by atoms with E-state index >= 15 is 0 Å². The maximum Gasteiger partial charge on any atom is 0.237 e. The predicted octanol–water partition coefficient (Wildman–Crippen LogP) is 2.33. The Bertz CT molecular complexity index is 760. The molecule has 0 unspecified atom stereocenters. The molecule has 0 bridgehead atoms. The van der Waals surface area contributed by atoms with E-state index in [-0.39, 0.29) is 23.5 Å². The smallest absolute Gasteiger partial charge is 0.237 e. The molecule has 1 aromatic carbocycles. The molecule has 7 nitrogen and oxygen atoms in total. The number of hydrogen-bond donors (Lipinski definition) is 1. The number of benzene rings is 1. The van der Waals surface area contributed by atoms with E-state index in [0.29, 0.717) is 17.5 Å². The third-order valence-corrected chi connectivity index (χ3v) is 4.40. The highest BCUT2D eigenvalue weighted by molar-refractivity contribution is 7.99. The topological polar surface area (TPSA) is 101 Å². The lowest BCUT2D eigenvalue weighted by molar-refractivity contribution is -0.116. The molecule has 0 atom stereocenters. The number of nitrogens with zero attached hydrogens (tertiary/aromatic N) is 5. The Kier molecular flexibility index (Phi) is 6.04. The van der Waals surface area contributed by atoms with Crippen LogP contribution < -0.4 is 10.7 Å². The number of carbonyl (C=O) groups excluding carboxylic acids is 1. The molecule has 8 heteroatoms. The minimum Gasteiger partial charge on any atom is -0.336 e. The molecule has 0 fully saturated rings. The molecule has 1 heterocycles. The van der Waals surface area contributed by atoms with E-state index in [9.17, 15) is 4.79 Å². The van der Waals surface area contributed by atoms with Crippen LogP contribution in [0.25, 0.3) is 0 Å². The number of para-hydroxylation sites is 1. The fourth-order valence-corrected chi connectivity index (χ4v) is 2.99. The van der Waals surface area contributed by atoms with Gasteiger partial charge < -0.3 is 10.7 Å². The molecule has 0 saturated heterocycles. The number of hydrogen-bond acceptors (Lipinski definition) is 6. The lowest BCUT2D eigenvalue weighted by atomic mass is 9.96. The third-order valence-electron chi connectivity index (χ3n) is 3.48. The summed E-state index contributed by atoms with van der Waals surface area (Å²) in [7, 11) is 0. The summed E-state index contributed by atoms with van der Waals surface area (Å²) < 4.78 is 1.43. The van der Waals surface area contributed by atoms with Crippen LogP contribution in [-0.2, 0) is 10.2 Å². The summed E-state index contributed by atoms with van der Waals surface area (Å²) in [5.41, 5.74) is 0.543. The van der Waals surface area contributed by atoms with Crippen molar-refractivity contribution in [3.05, 3.63) is 36.2 Å². The first kappa shape index (κ1) is 18.8. The van der Waals surface area contributed by atoms with Crippen LogP contribution in [0.3, 0.4) is 0 Å². The number of nitrogens with two attached hydrogens (primary N) is 1. The number of aromatic nitrogens is 3. The van der Waals surface area contributed by atoms with Crippen LogP contribution in [0.15, 0.2) is 35.5 Å². The maximum atomic E-state index is 12.6. The molecule has 2 rings (SSSR count). The highest BCUT2D eigenvalue weighted by Gasteiger charge is 2.24. The molecule has 1 aromatic heterocycles. The van der Waals surface area contributed by atoms with Gasteiger partial charge in [0.15, 0.2) is 5.82 Å². The molecule has 0 aliphatic heterocycles. The number of thioether (sulfide) groups is 1. The minimum atomic E-state index is -0.229. The molecule has 1 amide bonds. The van der Waals surface area contributed by atoms with Crippen molar-refractivity contribution in [1.82, 2.24) is 14.9 Å². The molecule has 0 spiro atoms. The standard InChI is InChI=1S/C17H22N6OS/c1-17(2,3)15-20-21-16(23(15)19)25-12-14(24)22(11-7-10-18)13-8-5-4-6-9-13/h4-6,8-9H,7,11-12,19H2,1-3H3. The number of nitriles is 1. The van der Waals surface area contributed by atoms with E-state index in [0.717, 1.165) is 5.69 Å². The Morgan fingerprint density at radius 2 is 2.00 bits per heavy atom.